The maximum atomic E-state index is 6.08. The lowest BCUT2D eigenvalue weighted by molar-refractivity contribution is 1.11. The van der Waals surface area contributed by atoms with Gasteiger partial charge >= 0.3 is 0 Å². The number of thiazole rings is 1. The molecule has 0 unspecified atom stereocenters. The minimum Gasteiger partial charge on any atom is -0.378 e. The molecule has 2 aromatic heterocycles. The van der Waals surface area contributed by atoms with E-state index >= 15 is 0 Å². The van der Waals surface area contributed by atoms with Crippen LogP contribution in [0, 0.1) is 0 Å². The van der Waals surface area contributed by atoms with Gasteiger partial charge in [-0.3, -0.25) is 5.10 Å². The van der Waals surface area contributed by atoms with Crippen molar-refractivity contribution < 1.29 is 0 Å². The first-order chi connectivity index (χ1) is 8.74. The SMILES string of the molecule is Clc1ncc(CNc2ccc(Cl)c3cn[nH]c23)s1. The number of nitrogens with one attached hydrogen (secondary N) is 2. The fourth-order valence-corrected chi connectivity index (χ4v) is 2.82. The van der Waals surface area contributed by atoms with Gasteiger partial charge in [0, 0.05) is 16.5 Å². The second-order valence-corrected chi connectivity index (χ2v) is 5.79. The molecule has 0 aliphatic rings. The van der Waals surface area contributed by atoms with E-state index in [4.69, 9.17) is 23.2 Å². The Bertz CT molecular complexity index is 691. The number of anilines is 1. The standard InChI is InChI=1S/C11H8Cl2N4S/c12-8-1-2-9(10-7(8)5-16-17-10)14-3-6-4-15-11(13)18-6/h1-2,4-5,14H,3H2,(H,16,17). The van der Waals surface area contributed by atoms with Gasteiger partial charge in [0.05, 0.1) is 29.0 Å². The van der Waals surface area contributed by atoms with Crippen LogP contribution >= 0.6 is 34.5 Å². The molecule has 0 fully saturated rings. The van der Waals surface area contributed by atoms with E-state index in [1.165, 1.54) is 11.3 Å². The van der Waals surface area contributed by atoms with E-state index in [1.54, 1.807) is 12.4 Å². The van der Waals surface area contributed by atoms with Crippen molar-refractivity contribution in [2.75, 3.05) is 5.32 Å². The quantitative estimate of drug-likeness (QED) is 0.770. The number of benzene rings is 1. The topological polar surface area (TPSA) is 53.6 Å². The average molecular weight is 299 g/mol. The number of hydrogen-bond acceptors (Lipinski definition) is 4. The number of aromatic amines is 1. The summed E-state index contributed by atoms with van der Waals surface area (Å²) in [5.74, 6) is 0. The zero-order valence-electron chi connectivity index (χ0n) is 9.08. The fraction of sp³-hybridized carbons (Fsp3) is 0.0909. The number of hydrogen-bond donors (Lipinski definition) is 2. The van der Waals surface area contributed by atoms with E-state index in [9.17, 15) is 0 Å². The van der Waals surface area contributed by atoms with Crippen LogP contribution in [0.5, 0.6) is 0 Å². The molecule has 0 aliphatic carbocycles. The molecule has 0 amide bonds. The Kier molecular flexibility index (Phi) is 3.11. The highest BCUT2D eigenvalue weighted by atomic mass is 35.5. The molecule has 0 bridgehead atoms. The Morgan fingerprint density at radius 2 is 2.17 bits per heavy atom. The van der Waals surface area contributed by atoms with Crippen LogP contribution in [0.2, 0.25) is 9.49 Å². The van der Waals surface area contributed by atoms with Crippen molar-refractivity contribution >= 4 is 51.1 Å². The van der Waals surface area contributed by atoms with Gasteiger partial charge in [-0.15, -0.1) is 11.3 Å². The second kappa shape index (κ2) is 4.76. The van der Waals surface area contributed by atoms with Crippen LogP contribution < -0.4 is 5.32 Å². The molecular weight excluding hydrogens is 291 g/mol. The van der Waals surface area contributed by atoms with E-state index in [-0.39, 0.29) is 0 Å². The van der Waals surface area contributed by atoms with Crippen LogP contribution in [0.25, 0.3) is 10.9 Å². The molecule has 3 aromatic rings. The summed E-state index contributed by atoms with van der Waals surface area (Å²) in [6, 6.07) is 3.77. The van der Waals surface area contributed by atoms with E-state index in [0.717, 1.165) is 21.5 Å². The lowest BCUT2D eigenvalue weighted by Gasteiger charge is -2.06. The fourth-order valence-electron chi connectivity index (χ4n) is 1.70. The number of aromatic nitrogens is 3. The van der Waals surface area contributed by atoms with Gasteiger partial charge in [-0.05, 0) is 12.1 Å². The highest BCUT2D eigenvalue weighted by molar-refractivity contribution is 7.15. The number of fused-ring (bicyclic) bond motifs is 1. The van der Waals surface area contributed by atoms with Gasteiger partial charge < -0.3 is 5.32 Å². The molecule has 0 atom stereocenters. The summed E-state index contributed by atoms with van der Waals surface area (Å²) < 4.78 is 0.551. The van der Waals surface area contributed by atoms with Crippen molar-refractivity contribution in [3.8, 4) is 0 Å². The monoisotopic (exact) mass is 298 g/mol. The first-order valence-corrected chi connectivity index (χ1v) is 6.77. The highest BCUT2D eigenvalue weighted by Gasteiger charge is 2.07. The van der Waals surface area contributed by atoms with Crippen LogP contribution in [0.15, 0.2) is 24.5 Å². The second-order valence-electron chi connectivity index (χ2n) is 3.69. The van der Waals surface area contributed by atoms with Crippen molar-refractivity contribution in [1.82, 2.24) is 15.2 Å². The molecule has 0 radical (unpaired) electrons. The number of rotatable bonds is 3. The summed E-state index contributed by atoms with van der Waals surface area (Å²) in [6.45, 7) is 0.667. The molecular formula is C11H8Cl2N4S. The summed E-state index contributed by atoms with van der Waals surface area (Å²) >= 11 is 13.3. The zero-order valence-corrected chi connectivity index (χ0v) is 11.4. The van der Waals surface area contributed by atoms with E-state index < -0.39 is 0 Å². The number of H-pyrrole nitrogens is 1. The highest BCUT2D eigenvalue weighted by Crippen LogP contribution is 2.28. The van der Waals surface area contributed by atoms with Gasteiger partial charge in [-0.25, -0.2) is 4.98 Å². The molecule has 3 rings (SSSR count). The maximum absolute atomic E-state index is 6.08. The first kappa shape index (κ1) is 11.8. The summed E-state index contributed by atoms with van der Waals surface area (Å²) in [6.07, 6.45) is 3.48. The Morgan fingerprint density at radius 3 is 2.94 bits per heavy atom. The Morgan fingerprint density at radius 1 is 1.28 bits per heavy atom. The molecule has 4 nitrogen and oxygen atoms in total. The molecule has 1 aromatic carbocycles. The lowest BCUT2D eigenvalue weighted by Crippen LogP contribution is -1.98. The number of nitrogens with zero attached hydrogens (tertiary/aromatic N) is 2. The molecule has 2 heterocycles. The lowest BCUT2D eigenvalue weighted by atomic mass is 10.2. The van der Waals surface area contributed by atoms with Gasteiger partial charge in [0.2, 0.25) is 0 Å². The van der Waals surface area contributed by atoms with Crippen LogP contribution in [0.1, 0.15) is 4.88 Å². The molecule has 18 heavy (non-hydrogen) atoms. The largest absolute Gasteiger partial charge is 0.378 e. The van der Waals surface area contributed by atoms with Gasteiger partial charge in [0.1, 0.15) is 0 Å². The Balaban J connectivity index is 1.86. The van der Waals surface area contributed by atoms with Crippen molar-refractivity contribution in [1.29, 1.82) is 0 Å². The van der Waals surface area contributed by atoms with Gasteiger partial charge in [-0.1, -0.05) is 23.2 Å². The minimum absolute atomic E-state index is 0.551. The van der Waals surface area contributed by atoms with Gasteiger partial charge in [-0.2, -0.15) is 5.10 Å². The van der Waals surface area contributed by atoms with E-state index in [2.05, 4.69) is 20.5 Å². The van der Waals surface area contributed by atoms with Crippen LogP contribution in [-0.4, -0.2) is 15.2 Å². The average Bonchev–Trinajstić information content (AvgIpc) is 2.98. The third-order valence-electron chi connectivity index (χ3n) is 2.54. The molecule has 92 valence electrons. The smallest absolute Gasteiger partial charge is 0.183 e. The van der Waals surface area contributed by atoms with Crippen molar-refractivity contribution in [3.63, 3.8) is 0 Å². The van der Waals surface area contributed by atoms with Crippen molar-refractivity contribution in [2.45, 2.75) is 6.54 Å². The van der Waals surface area contributed by atoms with Crippen LogP contribution in [0.3, 0.4) is 0 Å². The predicted molar refractivity (Wildman–Crippen MR) is 75.6 cm³/mol. The van der Waals surface area contributed by atoms with E-state index in [1.807, 2.05) is 12.1 Å². The maximum Gasteiger partial charge on any atom is 0.183 e. The Hall–Kier alpha value is -1.30. The Labute approximate surface area is 117 Å². The van der Waals surface area contributed by atoms with Crippen LogP contribution in [0.4, 0.5) is 5.69 Å². The first-order valence-electron chi connectivity index (χ1n) is 5.19. The molecule has 0 saturated carbocycles. The molecule has 0 spiro atoms. The van der Waals surface area contributed by atoms with Gasteiger partial charge in [0.25, 0.3) is 0 Å². The summed E-state index contributed by atoms with van der Waals surface area (Å²) in [4.78, 5) is 5.07. The molecule has 0 aliphatic heterocycles. The third kappa shape index (κ3) is 2.16. The third-order valence-corrected chi connectivity index (χ3v) is 3.99. The van der Waals surface area contributed by atoms with Crippen molar-refractivity contribution in [3.05, 3.63) is 38.9 Å². The summed E-state index contributed by atoms with van der Waals surface area (Å²) in [5.41, 5.74) is 1.86. The summed E-state index contributed by atoms with van der Waals surface area (Å²) in [7, 11) is 0. The van der Waals surface area contributed by atoms with Gasteiger partial charge in [0.15, 0.2) is 4.47 Å². The molecule has 0 saturated heterocycles. The van der Waals surface area contributed by atoms with E-state index in [0.29, 0.717) is 16.0 Å². The molecule has 2 N–H and O–H groups in total. The van der Waals surface area contributed by atoms with Crippen molar-refractivity contribution in [2.24, 2.45) is 0 Å². The zero-order chi connectivity index (χ0) is 12.5. The molecule has 7 heteroatoms. The summed E-state index contributed by atoms with van der Waals surface area (Å²) in [5, 5.41) is 11.8. The minimum atomic E-state index is 0.551. The predicted octanol–water partition coefficient (Wildman–Crippen LogP) is 3.94. The van der Waals surface area contributed by atoms with Crippen LogP contribution in [-0.2, 0) is 6.54 Å². The normalized spacial score (nSPS) is 11.0. The number of halogens is 2.